The third-order valence-electron chi connectivity index (χ3n) is 6.24. The van der Waals surface area contributed by atoms with Gasteiger partial charge in [-0.3, -0.25) is 14.7 Å². The monoisotopic (exact) mass is 436 g/mol. The molecule has 1 unspecified atom stereocenters. The van der Waals surface area contributed by atoms with Gasteiger partial charge in [0.15, 0.2) is 17.3 Å². The van der Waals surface area contributed by atoms with Crippen molar-refractivity contribution in [2.24, 2.45) is 0 Å². The molecule has 2 aliphatic rings. The Labute approximate surface area is 183 Å². The standard InChI is InChI=1S/C24H22F2N4O2/c25-17-9-8-16(13-18(17)26)23(31)29-11-4-3-7-22(29)19-14-20(28-27-19)24(32)30-12-10-15-5-1-2-6-21(15)30/h1-2,5-6,8-9,13-14,22H,3-4,7,10-12H2,(H,27,28). The van der Waals surface area contributed by atoms with Crippen LogP contribution in [0.25, 0.3) is 0 Å². The van der Waals surface area contributed by atoms with E-state index in [1.807, 2.05) is 24.3 Å². The molecule has 6 nitrogen and oxygen atoms in total. The minimum absolute atomic E-state index is 0.0975. The summed E-state index contributed by atoms with van der Waals surface area (Å²) in [7, 11) is 0. The van der Waals surface area contributed by atoms with Gasteiger partial charge in [-0.25, -0.2) is 8.78 Å². The van der Waals surface area contributed by atoms with Crippen molar-refractivity contribution >= 4 is 17.5 Å². The molecule has 2 aromatic carbocycles. The summed E-state index contributed by atoms with van der Waals surface area (Å²) in [6.07, 6.45) is 3.22. The highest BCUT2D eigenvalue weighted by atomic mass is 19.2. The van der Waals surface area contributed by atoms with Crippen molar-refractivity contribution in [3.8, 4) is 0 Å². The summed E-state index contributed by atoms with van der Waals surface area (Å²) in [4.78, 5) is 29.5. The number of carbonyl (C=O) groups is 2. The van der Waals surface area contributed by atoms with E-state index < -0.39 is 11.6 Å². The number of H-pyrrole nitrogens is 1. The van der Waals surface area contributed by atoms with Gasteiger partial charge in [-0.15, -0.1) is 0 Å². The molecule has 8 heteroatoms. The van der Waals surface area contributed by atoms with E-state index in [2.05, 4.69) is 10.2 Å². The maximum absolute atomic E-state index is 13.7. The number of anilines is 1. The average Bonchev–Trinajstić information content (AvgIpc) is 3.48. The van der Waals surface area contributed by atoms with Crippen molar-refractivity contribution in [3.05, 3.63) is 82.7 Å². The van der Waals surface area contributed by atoms with Crippen LogP contribution >= 0.6 is 0 Å². The lowest BCUT2D eigenvalue weighted by atomic mass is 9.98. The fraction of sp³-hybridized carbons (Fsp3) is 0.292. The van der Waals surface area contributed by atoms with Crippen LogP contribution in [0.3, 0.4) is 0 Å². The maximum Gasteiger partial charge on any atom is 0.278 e. The van der Waals surface area contributed by atoms with Crippen LogP contribution in [-0.4, -0.2) is 40.0 Å². The van der Waals surface area contributed by atoms with E-state index in [0.717, 1.165) is 42.6 Å². The molecule has 1 atom stereocenters. The Morgan fingerprint density at radius 2 is 1.81 bits per heavy atom. The van der Waals surface area contributed by atoms with E-state index >= 15 is 0 Å². The van der Waals surface area contributed by atoms with Crippen LogP contribution in [0.2, 0.25) is 0 Å². The first-order chi connectivity index (χ1) is 15.5. The fourth-order valence-corrected chi connectivity index (χ4v) is 4.60. The molecule has 2 amide bonds. The molecule has 0 bridgehead atoms. The minimum Gasteiger partial charge on any atom is -0.330 e. The number of benzene rings is 2. The molecule has 1 fully saturated rings. The fourth-order valence-electron chi connectivity index (χ4n) is 4.60. The number of fused-ring (bicyclic) bond motifs is 1. The zero-order chi connectivity index (χ0) is 22.2. The van der Waals surface area contributed by atoms with Gasteiger partial charge in [-0.2, -0.15) is 5.10 Å². The summed E-state index contributed by atoms with van der Waals surface area (Å²) in [5.74, 6) is -2.60. The highest BCUT2D eigenvalue weighted by molar-refractivity contribution is 6.06. The molecule has 5 rings (SSSR count). The van der Waals surface area contributed by atoms with Crippen molar-refractivity contribution < 1.29 is 18.4 Å². The number of nitrogens with zero attached hydrogens (tertiary/aromatic N) is 3. The number of aromatic amines is 1. The number of hydrogen-bond acceptors (Lipinski definition) is 3. The van der Waals surface area contributed by atoms with Gasteiger partial charge in [0.25, 0.3) is 11.8 Å². The number of nitrogens with one attached hydrogen (secondary N) is 1. The minimum atomic E-state index is -1.05. The van der Waals surface area contributed by atoms with Crippen molar-refractivity contribution in [1.29, 1.82) is 0 Å². The molecule has 1 N–H and O–H groups in total. The van der Waals surface area contributed by atoms with Crippen LogP contribution in [0.1, 0.15) is 57.4 Å². The molecule has 3 heterocycles. The van der Waals surface area contributed by atoms with Gasteiger partial charge in [-0.1, -0.05) is 18.2 Å². The quantitative estimate of drug-likeness (QED) is 0.667. The Bertz CT molecular complexity index is 1190. The Morgan fingerprint density at radius 3 is 2.66 bits per heavy atom. The number of amides is 2. The molecule has 2 aliphatic heterocycles. The van der Waals surface area contributed by atoms with Gasteiger partial charge in [-0.05, 0) is 61.6 Å². The van der Waals surface area contributed by atoms with Crippen LogP contribution in [0.5, 0.6) is 0 Å². The summed E-state index contributed by atoms with van der Waals surface area (Å²) in [6, 6.07) is 12.4. The Morgan fingerprint density at radius 1 is 0.969 bits per heavy atom. The van der Waals surface area contributed by atoms with Gasteiger partial charge in [0.1, 0.15) is 0 Å². The SMILES string of the molecule is O=C(c1cc(C2CCCCN2C(=O)c2ccc(F)c(F)c2)[nH]n1)N1CCc2ccccc21. The van der Waals surface area contributed by atoms with E-state index in [9.17, 15) is 18.4 Å². The molecule has 1 saturated heterocycles. The van der Waals surface area contributed by atoms with Gasteiger partial charge < -0.3 is 9.80 Å². The Kier molecular flexibility index (Phi) is 5.20. The summed E-state index contributed by atoms with van der Waals surface area (Å²) >= 11 is 0. The third-order valence-corrected chi connectivity index (χ3v) is 6.24. The normalized spacial score (nSPS) is 18.0. The number of rotatable bonds is 3. The Balaban J connectivity index is 1.39. The second-order valence-corrected chi connectivity index (χ2v) is 8.18. The lowest BCUT2D eigenvalue weighted by Crippen LogP contribution is -2.38. The van der Waals surface area contributed by atoms with Crippen LogP contribution in [0.15, 0.2) is 48.5 Å². The number of hydrogen-bond donors (Lipinski definition) is 1. The topological polar surface area (TPSA) is 69.3 Å². The lowest BCUT2D eigenvalue weighted by molar-refractivity contribution is 0.0605. The third kappa shape index (κ3) is 3.55. The first-order valence-electron chi connectivity index (χ1n) is 10.7. The molecule has 3 aromatic rings. The van der Waals surface area contributed by atoms with E-state index in [-0.39, 0.29) is 23.4 Å². The maximum atomic E-state index is 13.7. The highest BCUT2D eigenvalue weighted by Gasteiger charge is 2.32. The number of carbonyl (C=O) groups excluding carboxylic acids is 2. The van der Waals surface area contributed by atoms with Gasteiger partial charge in [0, 0.05) is 24.3 Å². The molecule has 0 aliphatic carbocycles. The summed E-state index contributed by atoms with van der Waals surface area (Å²) in [5, 5.41) is 7.17. The lowest BCUT2D eigenvalue weighted by Gasteiger charge is -2.35. The van der Waals surface area contributed by atoms with Gasteiger partial charge in [0.05, 0.1) is 11.7 Å². The summed E-state index contributed by atoms with van der Waals surface area (Å²) in [5.41, 5.74) is 3.08. The van der Waals surface area contributed by atoms with Crippen LogP contribution in [0, 0.1) is 11.6 Å². The van der Waals surface area contributed by atoms with E-state index in [1.165, 1.54) is 6.07 Å². The predicted octanol–water partition coefficient (Wildman–Crippen LogP) is 4.26. The number of para-hydroxylation sites is 1. The second-order valence-electron chi connectivity index (χ2n) is 8.18. The predicted molar refractivity (Wildman–Crippen MR) is 114 cm³/mol. The second kappa shape index (κ2) is 8.18. The molecule has 0 radical (unpaired) electrons. The first-order valence-corrected chi connectivity index (χ1v) is 10.7. The summed E-state index contributed by atoms with van der Waals surface area (Å²) < 4.78 is 27.0. The summed E-state index contributed by atoms with van der Waals surface area (Å²) in [6.45, 7) is 1.09. The zero-order valence-electron chi connectivity index (χ0n) is 17.4. The largest absolute Gasteiger partial charge is 0.330 e. The molecule has 1 aromatic heterocycles. The number of halogens is 2. The van der Waals surface area contributed by atoms with E-state index in [1.54, 1.807) is 15.9 Å². The van der Waals surface area contributed by atoms with Gasteiger partial charge >= 0.3 is 0 Å². The van der Waals surface area contributed by atoms with Crippen LogP contribution in [-0.2, 0) is 6.42 Å². The average molecular weight is 436 g/mol. The Hall–Kier alpha value is -3.55. The van der Waals surface area contributed by atoms with E-state index in [0.29, 0.717) is 30.9 Å². The van der Waals surface area contributed by atoms with Crippen LogP contribution in [0.4, 0.5) is 14.5 Å². The first kappa shape index (κ1) is 20.4. The molecule has 164 valence electrons. The van der Waals surface area contributed by atoms with Crippen LogP contribution < -0.4 is 4.90 Å². The molecule has 0 spiro atoms. The number of piperidine rings is 1. The van der Waals surface area contributed by atoms with Crippen molar-refractivity contribution in [2.75, 3.05) is 18.0 Å². The zero-order valence-corrected chi connectivity index (χ0v) is 17.4. The van der Waals surface area contributed by atoms with Crippen molar-refractivity contribution in [1.82, 2.24) is 15.1 Å². The number of likely N-dealkylation sites (tertiary alicyclic amines) is 1. The van der Waals surface area contributed by atoms with E-state index in [4.69, 9.17) is 0 Å². The number of aromatic nitrogens is 2. The molecular formula is C24H22F2N4O2. The smallest absolute Gasteiger partial charge is 0.278 e. The molecule has 32 heavy (non-hydrogen) atoms. The van der Waals surface area contributed by atoms with Crippen molar-refractivity contribution in [2.45, 2.75) is 31.7 Å². The van der Waals surface area contributed by atoms with Gasteiger partial charge in [0.2, 0.25) is 0 Å². The molecular weight excluding hydrogens is 414 g/mol. The highest BCUT2D eigenvalue weighted by Crippen LogP contribution is 2.33. The molecule has 0 saturated carbocycles. The van der Waals surface area contributed by atoms with Crippen molar-refractivity contribution in [3.63, 3.8) is 0 Å².